The van der Waals surface area contributed by atoms with Crippen LogP contribution >= 0.6 is 0 Å². The van der Waals surface area contributed by atoms with E-state index in [0.717, 1.165) is 56.8 Å². The van der Waals surface area contributed by atoms with Gasteiger partial charge in [-0.2, -0.15) is 4.58 Å². The number of sulfonamides is 1. The lowest BCUT2D eigenvalue weighted by atomic mass is 9.71. The van der Waals surface area contributed by atoms with Crippen molar-refractivity contribution < 1.29 is 55.2 Å². The Kier molecular flexibility index (Phi) is 14.4. The molecule has 0 aromatic heterocycles. The first-order valence-electron chi connectivity index (χ1n) is 22.5. The molecule has 0 fully saturated rings. The van der Waals surface area contributed by atoms with Gasteiger partial charge in [0.25, 0.3) is 5.91 Å². The predicted molar refractivity (Wildman–Crippen MR) is 263 cm³/mol. The monoisotopic (exact) mass is 968 g/mol. The maximum Gasteiger partial charge on any atom is 0.324 e. The normalized spacial score (nSPS) is 18.9. The van der Waals surface area contributed by atoms with Crippen LogP contribution in [0.5, 0.6) is 5.75 Å². The number of rotatable bonds is 15. The van der Waals surface area contributed by atoms with Crippen LogP contribution in [0.15, 0.2) is 101 Å². The summed E-state index contributed by atoms with van der Waals surface area (Å²) in [5.74, 6) is -3.35. The van der Waals surface area contributed by atoms with Crippen LogP contribution in [0.4, 0.5) is 5.69 Å². The highest BCUT2D eigenvalue weighted by Gasteiger charge is 2.52. The van der Waals surface area contributed by atoms with Crippen LogP contribution < -0.4 is 4.72 Å². The predicted octanol–water partition coefficient (Wildman–Crippen LogP) is 7.20. The Morgan fingerprint density at radius 1 is 0.838 bits per heavy atom. The zero-order chi connectivity index (χ0) is 50.3. The number of ketones is 1. The number of hydrogen-bond acceptors (Lipinski definition) is 12. The Morgan fingerprint density at radius 3 is 2.10 bits per heavy atom. The summed E-state index contributed by atoms with van der Waals surface area (Å²) >= 11 is 0. The van der Waals surface area contributed by atoms with Gasteiger partial charge in [-0.3, -0.25) is 19.2 Å². The van der Waals surface area contributed by atoms with Crippen LogP contribution in [-0.4, -0.2) is 105 Å². The van der Waals surface area contributed by atoms with Crippen molar-refractivity contribution >= 4 is 71.2 Å². The molecule has 0 spiro atoms. The number of Topliss-reactive ketones (excluding diaryl/α,β-unsaturated/α-hetero) is 1. The average Bonchev–Trinajstić information content (AvgIpc) is 3.53. The molecule has 2 aliphatic heterocycles. The van der Waals surface area contributed by atoms with Gasteiger partial charge in [0.1, 0.15) is 11.5 Å². The fourth-order valence-electron chi connectivity index (χ4n) is 10.1. The van der Waals surface area contributed by atoms with Crippen LogP contribution in [-0.2, 0) is 53.9 Å². The van der Waals surface area contributed by atoms with Gasteiger partial charge in [-0.05, 0) is 124 Å². The van der Waals surface area contributed by atoms with E-state index in [1.54, 1.807) is 47.6 Å². The number of nitrogens with zero attached hydrogens (tertiary/aromatic N) is 2. The molecule has 2 N–H and O–H groups in total. The summed E-state index contributed by atoms with van der Waals surface area (Å²) < 4.78 is 64.0. The van der Waals surface area contributed by atoms with Gasteiger partial charge in [0.15, 0.2) is 26.7 Å². The average molecular weight is 969 g/mol. The number of aromatic hydroxyl groups is 1. The van der Waals surface area contributed by atoms with Gasteiger partial charge < -0.3 is 19.5 Å². The number of ether oxygens (including phenoxy) is 2. The number of carbonyl (C=O) groups is 4. The minimum absolute atomic E-state index is 0.00457. The number of esters is 2. The first-order valence-corrected chi connectivity index (χ1v) is 26.4. The van der Waals surface area contributed by atoms with Crippen molar-refractivity contribution in [2.45, 2.75) is 80.6 Å². The molecule has 2 heterocycles. The van der Waals surface area contributed by atoms with E-state index in [0.29, 0.717) is 28.3 Å². The molecule has 0 atom stereocenters. The summed E-state index contributed by atoms with van der Waals surface area (Å²) in [7, 11) is -7.52. The van der Waals surface area contributed by atoms with Gasteiger partial charge in [0, 0.05) is 40.8 Å². The molecule has 3 aliphatic rings. The van der Waals surface area contributed by atoms with Gasteiger partial charge >= 0.3 is 11.9 Å². The van der Waals surface area contributed by atoms with Crippen molar-refractivity contribution in [3.8, 4) is 5.75 Å². The van der Waals surface area contributed by atoms with Crippen LogP contribution in [0.3, 0.4) is 0 Å². The molecular formula is C52H62N3O11S2+. The lowest BCUT2D eigenvalue weighted by molar-refractivity contribution is -0.425. The highest BCUT2D eigenvalue weighted by atomic mass is 32.2. The van der Waals surface area contributed by atoms with Crippen molar-refractivity contribution in [3.05, 3.63) is 124 Å². The van der Waals surface area contributed by atoms with Crippen LogP contribution in [0.1, 0.15) is 83.6 Å². The number of benzene rings is 3. The molecule has 0 bridgehead atoms. The zero-order valence-electron chi connectivity index (χ0n) is 40.7. The van der Waals surface area contributed by atoms with Gasteiger partial charge in [-0.1, -0.05) is 61.9 Å². The Bertz CT molecular complexity index is 3040. The van der Waals surface area contributed by atoms with E-state index in [-0.39, 0.29) is 44.9 Å². The summed E-state index contributed by atoms with van der Waals surface area (Å²) in [6, 6.07) is 15.1. The Labute approximate surface area is 399 Å². The van der Waals surface area contributed by atoms with E-state index in [2.05, 4.69) is 10.8 Å². The number of carbonyl (C=O) groups excluding carboxylic acids is 4. The van der Waals surface area contributed by atoms with Gasteiger partial charge in [-0.25, -0.2) is 21.6 Å². The number of amides is 1. The SMILES string of the molecule is CCOC(=O)C1(C(=O)OCC)CC(=CC=C2N(CC(=O)CS(C)(=O)=O)C(C)=C(c3ccc(O)cc3C)C2(C)C)C=C(C=CC2=[N+](CC(=O)NS(C)(=O)=O)c3ccc4cc(C)ccc4c3C2(C)C)C1. The molecule has 6 rings (SSSR count). The van der Waals surface area contributed by atoms with Crippen molar-refractivity contribution in [2.24, 2.45) is 10.8 Å². The van der Waals surface area contributed by atoms with E-state index in [1.165, 1.54) is 0 Å². The van der Waals surface area contributed by atoms with Gasteiger partial charge in [0.2, 0.25) is 22.3 Å². The largest absolute Gasteiger partial charge is 0.508 e. The fraction of sp³-hybridized carbons (Fsp3) is 0.404. The van der Waals surface area contributed by atoms with Crippen molar-refractivity contribution in [2.75, 3.05) is 44.6 Å². The Balaban J connectivity index is 1.55. The second-order valence-corrected chi connectivity index (χ2v) is 23.0. The van der Waals surface area contributed by atoms with E-state index in [4.69, 9.17) is 9.47 Å². The summed E-state index contributed by atoms with van der Waals surface area (Å²) in [5, 5.41) is 12.2. The molecule has 1 aliphatic carbocycles. The Hall–Kier alpha value is -6.13. The summed E-state index contributed by atoms with van der Waals surface area (Å²) in [4.78, 5) is 56.9. The summed E-state index contributed by atoms with van der Waals surface area (Å²) in [6.07, 6.45) is 10.8. The molecule has 16 heteroatoms. The molecular weight excluding hydrogens is 907 g/mol. The topological polar surface area (TPSA) is 194 Å². The lowest BCUT2D eigenvalue weighted by Crippen LogP contribution is -2.44. The van der Waals surface area contributed by atoms with Crippen molar-refractivity contribution in [1.29, 1.82) is 0 Å². The third-order valence-electron chi connectivity index (χ3n) is 12.8. The zero-order valence-corrected chi connectivity index (χ0v) is 42.3. The fourth-order valence-corrected chi connectivity index (χ4v) is 11.2. The minimum Gasteiger partial charge on any atom is -0.508 e. The lowest BCUT2D eigenvalue weighted by Gasteiger charge is -2.33. The third kappa shape index (κ3) is 10.5. The molecule has 14 nitrogen and oxygen atoms in total. The molecule has 362 valence electrons. The second-order valence-electron chi connectivity index (χ2n) is 19.1. The van der Waals surface area contributed by atoms with E-state index >= 15 is 0 Å². The molecule has 0 saturated heterocycles. The molecule has 0 saturated carbocycles. The van der Waals surface area contributed by atoms with Crippen molar-refractivity contribution in [1.82, 2.24) is 9.62 Å². The van der Waals surface area contributed by atoms with Gasteiger partial charge in [-0.15, -0.1) is 0 Å². The number of aryl methyl sites for hydroxylation is 2. The molecule has 3 aromatic rings. The molecule has 0 unspecified atom stereocenters. The number of phenolic OH excluding ortho intramolecular Hbond substituents is 1. The second kappa shape index (κ2) is 19.1. The summed E-state index contributed by atoms with van der Waals surface area (Å²) in [5.41, 5.74) is 4.95. The highest BCUT2D eigenvalue weighted by molar-refractivity contribution is 7.91. The number of fused-ring (bicyclic) bond motifs is 3. The minimum atomic E-state index is -3.88. The molecule has 3 aromatic carbocycles. The highest BCUT2D eigenvalue weighted by Crippen LogP contribution is 2.53. The van der Waals surface area contributed by atoms with Crippen LogP contribution in [0.25, 0.3) is 16.3 Å². The quantitative estimate of drug-likeness (QED) is 0.0886. The van der Waals surface area contributed by atoms with E-state index in [1.807, 2.05) is 97.0 Å². The maximum atomic E-state index is 14.2. The molecule has 1 amide bonds. The Morgan fingerprint density at radius 2 is 1.50 bits per heavy atom. The van der Waals surface area contributed by atoms with Crippen molar-refractivity contribution in [3.63, 3.8) is 0 Å². The van der Waals surface area contributed by atoms with Crippen LogP contribution in [0, 0.1) is 24.7 Å². The third-order valence-corrected chi connectivity index (χ3v) is 14.2. The first kappa shape index (κ1) is 51.3. The summed E-state index contributed by atoms with van der Waals surface area (Å²) in [6.45, 7) is 16.5. The van der Waals surface area contributed by atoms with E-state index < -0.39 is 65.5 Å². The molecule has 68 heavy (non-hydrogen) atoms. The number of phenols is 1. The molecule has 0 radical (unpaired) electrons. The number of hydrogen-bond donors (Lipinski definition) is 2. The number of sulfone groups is 1. The standard InChI is InChI=1S/C52H61N3O11S2/c1-12-65-48(59)52(49(60)66-13-2)27-35(15-22-43-50(6,7)46(40-20-18-38(56)25-33(40)4)34(5)54(43)29-39(57)31-67(10,61)62)26-36(28-52)16-23-44-51(8,9)47-41-19-14-32(3)24-37(41)17-21-42(47)55(44)30-45(58)53-68(11,63)64/h14-26H,12-13,27-31H2,1-11H3,(H-,53,56,58)/p+1. The maximum absolute atomic E-state index is 14.2. The smallest absolute Gasteiger partial charge is 0.324 e. The number of nitrogens with one attached hydrogen (secondary N) is 1. The first-order chi connectivity index (χ1) is 31.6. The van der Waals surface area contributed by atoms with Gasteiger partial charge in [0.05, 0.1) is 31.4 Å². The number of allylic oxidation sites excluding steroid dienone is 9. The van der Waals surface area contributed by atoms with E-state index in [9.17, 15) is 41.1 Å². The van der Waals surface area contributed by atoms with Crippen LogP contribution in [0.2, 0.25) is 0 Å².